The number of aliphatic hydroxyl groups is 1. The molecule has 0 aliphatic rings. The van der Waals surface area contributed by atoms with Gasteiger partial charge in [0.2, 0.25) is 0 Å². The van der Waals surface area contributed by atoms with Crippen molar-refractivity contribution in [1.29, 1.82) is 0 Å². The van der Waals surface area contributed by atoms with E-state index in [1.807, 2.05) is 10.7 Å². The molecule has 0 amide bonds. The second-order valence-electron chi connectivity index (χ2n) is 4.70. The molecule has 0 aromatic carbocycles. The fourth-order valence-electron chi connectivity index (χ4n) is 2.11. The summed E-state index contributed by atoms with van der Waals surface area (Å²) in [4.78, 5) is 0. The summed E-state index contributed by atoms with van der Waals surface area (Å²) < 4.78 is 1.93. The number of aryl methyl sites for hydroxylation is 1. The Morgan fingerprint density at radius 3 is 2.65 bits per heavy atom. The number of aromatic nitrogens is 2. The van der Waals surface area contributed by atoms with Crippen molar-refractivity contribution >= 4 is 0 Å². The van der Waals surface area contributed by atoms with Gasteiger partial charge in [0.1, 0.15) is 0 Å². The van der Waals surface area contributed by atoms with Crippen LogP contribution in [-0.2, 0) is 6.54 Å². The van der Waals surface area contributed by atoms with Crippen LogP contribution in [-0.4, -0.2) is 14.9 Å². The summed E-state index contributed by atoms with van der Waals surface area (Å²) >= 11 is 0. The molecule has 0 spiro atoms. The van der Waals surface area contributed by atoms with Gasteiger partial charge in [0.15, 0.2) is 0 Å². The van der Waals surface area contributed by atoms with E-state index < -0.39 is 0 Å². The van der Waals surface area contributed by atoms with E-state index in [4.69, 9.17) is 0 Å². The summed E-state index contributed by atoms with van der Waals surface area (Å²) in [5.74, 6) is 0. The summed E-state index contributed by atoms with van der Waals surface area (Å²) in [5.41, 5.74) is 0.974. The molecule has 1 rings (SSSR count). The highest BCUT2D eigenvalue weighted by Gasteiger charge is 2.11. The summed E-state index contributed by atoms with van der Waals surface area (Å²) in [6.07, 6.45) is 9.56. The van der Waals surface area contributed by atoms with Gasteiger partial charge < -0.3 is 5.11 Å². The van der Waals surface area contributed by atoms with Crippen LogP contribution in [0.15, 0.2) is 12.3 Å². The van der Waals surface area contributed by atoms with Crippen molar-refractivity contribution in [3.63, 3.8) is 0 Å². The number of hydrogen-bond donors (Lipinski definition) is 1. The molecule has 17 heavy (non-hydrogen) atoms. The third-order valence-corrected chi connectivity index (χ3v) is 3.11. The van der Waals surface area contributed by atoms with Crippen LogP contribution in [0, 0.1) is 0 Å². The normalized spacial score (nSPS) is 12.9. The van der Waals surface area contributed by atoms with Crippen molar-refractivity contribution in [1.82, 2.24) is 9.78 Å². The largest absolute Gasteiger partial charge is 0.387 e. The van der Waals surface area contributed by atoms with Gasteiger partial charge in [-0.15, -0.1) is 0 Å². The van der Waals surface area contributed by atoms with Crippen LogP contribution in [0.5, 0.6) is 0 Å². The lowest BCUT2D eigenvalue weighted by Gasteiger charge is -2.12. The molecule has 0 radical (unpaired) electrons. The molecule has 0 bridgehead atoms. The molecule has 1 aromatic heterocycles. The Bertz CT molecular complexity index is 296. The SMILES string of the molecule is CCCCCCCC(O)c1ccnn1CCC. The molecule has 1 unspecified atom stereocenters. The van der Waals surface area contributed by atoms with E-state index in [2.05, 4.69) is 18.9 Å². The minimum atomic E-state index is -0.342. The monoisotopic (exact) mass is 238 g/mol. The van der Waals surface area contributed by atoms with Crippen LogP contribution in [0.4, 0.5) is 0 Å². The van der Waals surface area contributed by atoms with Crippen molar-refractivity contribution in [3.8, 4) is 0 Å². The van der Waals surface area contributed by atoms with Crippen LogP contribution in [0.2, 0.25) is 0 Å². The predicted molar refractivity (Wildman–Crippen MR) is 70.9 cm³/mol. The smallest absolute Gasteiger partial charge is 0.0956 e. The zero-order valence-corrected chi connectivity index (χ0v) is 11.2. The van der Waals surface area contributed by atoms with Crippen molar-refractivity contribution < 1.29 is 5.11 Å². The number of hydrogen-bond acceptors (Lipinski definition) is 2. The van der Waals surface area contributed by atoms with E-state index in [-0.39, 0.29) is 6.10 Å². The molecule has 0 saturated heterocycles. The van der Waals surface area contributed by atoms with Crippen molar-refractivity contribution in [2.75, 3.05) is 0 Å². The molecule has 1 heterocycles. The maximum atomic E-state index is 10.1. The fourth-order valence-corrected chi connectivity index (χ4v) is 2.11. The highest BCUT2D eigenvalue weighted by atomic mass is 16.3. The highest BCUT2D eigenvalue weighted by molar-refractivity contribution is 5.04. The van der Waals surface area contributed by atoms with E-state index in [1.165, 1.54) is 25.7 Å². The molecule has 98 valence electrons. The fraction of sp³-hybridized carbons (Fsp3) is 0.786. The van der Waals surface area contributed by atoms with Gasteiger partial charge in [-0.2, -0.15) is 5.10 Å². The minimum Gasteiger partial charge on any atom is -0.387 e. The molecule has 3 heteroatoms. The van der Waals surface area contributed by atoms with Gasteiger partial charge in [-0.3, -0.25) is 4.68 Å². The summed E-state index contributed by atoms with van der Waals surface area (Å²) in [6, 6.07) is 1.94. The minimum absolute atomic E-state index is 0.342. The van der Waals surface area contributed by atoms with Crippen LogP contribution in [0.1, 0.15) is 70.6 Å². The van der Waals surface area contributed by atoms with E-state index in [1.54, 1.807) is 6.20 Å². The number of unbranched alkanes of at least 4 members (excludes halogenated alkanes) is 4. The van der Waals surface area contributed by atoms with E-state index >= 15 is 0 Å². The molecule has 3 nitrogen and oxygen atoms in total. The molecule has 1 atom stereocenters. The zero-order chi connectivity index (χ0) is 12.5. The first kappa shape index (κ1) is 14.2. The molecular weight excluding hydrogens is 212 g/mol. The van der Waals surface area contributed by atoms with Crippen LogP contribution < -0.4 is 0 Å². The van der Waals surface area contributed by atoms with Crippen LogP contribution >= 0.6 is 0 Å². The number of aliphatic hydroxyl groups excluding tert-OH is 1. The maximum Gasteiger partial charge on any atom is 0.0956 e. The van der Waals surface area contributed by atoms with E-state index in [0.717, 1.165) is 31.5 Å². The predicted octanol–water partition coefficient (Wildman–Crippen LogP) is 3.69. The molecule has 1 aromatic rings. The van der Waals surface area contributed by atoms with E-state index in [9.17, 15) is 5.11 Å². The molecular formula is C14H26N2O. The summed E-state index contributed by atoms with van der Waals surface area (Å²) in [5, 5.41) is 14.4. The molecule has 0 fully saturated rings. The Kier molecular flexibility index (Phi) is 6.94. The maximum absolute atomic E-state index is 10.1. The summed E-state index contributed by atoms with van der Waals surface area (Å²) in [6.45, 7) is 5.25. The average Bonchev–Trinajstić information content (AvgIpc) is 2.77. The third kappa shape index (κ3) is 4.90. The second kappa shape index (κ2) is 8.29. The molecule has 0 aliphatic heterocycles. The van der Waals surface area contributed by atoms with Gasteiger partial charge >= 0.3 is 0 Å². The first-order chi connectivity index (χ1) is 8.29. The van der Waals surface area contributed by atoms with Gasteiger partial charge in [0.05, 0.1) is 11.8 Å². The number of rotatable bonds is 9. The lowest BCUT2D eigenvalue weighted by molar-refractivity contribution is 0.152. The first-order valence-corrected chi connectivity index (χ1v) is 6.99. The Labute approximate surface area is 105 Å². The highest BCUT2D eigenvalue weighted by Crippen LogP contribution is 2.20. The summed E-state index contributed by atoms with van der Waals surface area (Å²) in [7, 11) is 0. The third-order valence-electron chi connectivity index (χ3n) is 3.11. The molecule has 0 saturated carbocycles. The van der Waals surface area contributed by atoms with E-state index in [0.29, 0.717) is 0 Å². The number of nitrogens with zero attached hydrogens (tertiary/aromatic N) is 2. The first-order valence-electron chi connectivity index (χ1n) is 6.99. The Hall–Kier alpha value is -0.830. The van der Waals surface area contributed by atoms with Crippen LogP contribution in [0.25, 0.3) is 0 Å². The lowest BCUT2D eigenvalue weighted by Crippen LogP contribution is -2.09. The zero-order valence-electron chi connectivity index (χ0n) is 11.2. The quantitative estimate of drug-likeness (QED) is 0.666. The van der Waals surface area contributed by atoms with Gasteiger partial charge in [-0.1, -0.05) is 46.0 Å². The standard InChI is InChI=1S/C14H26N2O/c1-3-5-6-7-8-9-14(17)13-10-11-15-16(13)12-4-2/h10-11,14,17H,3-9,12H2,1-2H3. The Morgan fingerprint density at radius 2 is 1.94 bits per heavy atom. The average molecular weight is 238 g/mol. The lowest BCUT2D eigenvalue weighted by atomic mass is 10.1. The Balaban J connectivity index is 2.30. The van der Waals surface area contributed by atoms with Gasteiger partial charge in [0.25, 0.3) is 0 Å². The molecule has 1 N–H and O–H groups in total. The van der Waals surface area contributed by atoms with Gasteiger partial charge in [-0.05, 0) is 18.9 Å². The molecule has 0 aliphatic carbocycles. The van der Waals surface area contributed by atoms with Crippen molar-refractivity contribution in [2.45, 2.75) is 71.4 Å². The van der Waals surface area contributed by atoms with Gasteiger partial charge in [-0.25, -0.2) is 0 Å². The van der Waals surface area contributed by atoms with Crippen LogP contribution in [0.3, 0.4) is 0 Å². The second-order valence-corrected chi connectivity index (χ2v) is 4.70. The topological polar surface area (TPSA) is 38.1 Å². The van der Waals surface area contributed by atoms with Crippen molar-refractivity contribution in [3.05, 3.63) is 18.0 Å². The van der Waals surface area contributed by atoms with Crippen molar-refractivity contribution in [2.24, 2.45) is 0 Å². The van der Waals surface area contributed by atoms with Gasteiger partial charge in [0, 0.05) is 12.7 Å². The Morgan fingerprint density at radius 1 is 1.18 bits per heavy atom.